The van der Waals surface area contributed by atoms with Crippen molar-refractivity contribution in [2.75, 3.05) is 13.1 Å². The number of hydrogen-bond acceptors (Lipinski definition) is 2. The van der Waals surface area contributed by atoms with Crippen LogP contribution in [0.1, 0.15) is 20.8 Å². The first-order chi connectivity index (χ1) is 4.29. The molecule has 0 bridgehead atoms. The molecule has 0 aromatic rings. The number of epoxide rings is 1. The molecule has 0 saturated carbocycles. The van der Waals surface area contributed by atoms with Crippen LogP contribution in [0.5, 0.6) is 0 Å². The van der Waals surface area contributed by atoms with Crippen LogP contribution in [0.4, 0.5) is 0 Å². The lowest BCUT2D eigenvalue weighted by molar-refractivity contribution is 0.191. The van der Waals surface area contributed by atoms with Crippen molar-refractivity contribution in [3.05, 3.63) is 0 Å². The van der Waals surface area contributed by atoms with E-state index in [1.54, 1.807) is 0 Å². The number of ether oxygens (including phenoxy) is 1. The van der Waals surface area contributed by atoms with Crippen molar-refractivity contribution in [3.63, 3.8) is 0 Å². The lowest BCUT2D eigenvalue weighted by Gasteiger charge is -2.13. The minimum Gasteiger partial charge on any atom is -0.353 e. The maximum absolute atomic E-state index is 5.29. The molecule has 0 N–H and O–H groups in total. The van der Waals surface area contributed by atoms with E-state index in [-0.39, 0.29) is 0 Å². The summed E-state index contributed by atoms with van der Waals surface area (Å²) >= 11 is 0. The summed E-state index contributed by atoms with van der Waals surface area (Å²) in [6.07, 6.45) is 0.907. The summed E-state index contributed by atoms with van der Waals surface area (Å²) in [4.78, 5) is 2.32. The zero-order valence-electron chi connectivity index (χ0n) is 6.42. The van der Waals surface area contributed by atoms with E-state index < -0.39 is 0 Å². The van der Waals surface area contributed by atoms with E-state index in [1.807, 2.05) is 0 Å². The van der Waals surface area contributed by atoms with Gasteiger partial charge in [-0.15, -0.1) is 0 Å². The summed E-state index contributed by atoms with van der Waals surface area (Å²) in [5, 5.41) is 0. The SMILES string of the molecule is CCN(CC)C1OC1C. The van der Waals surface area contributed by atoms with Crippen LogP contribution in [0, 0.1) is 0 Å². The predicted octanol–water partition coefficient (Wildman–Crippen LogP) is 1.07. The van der Waals surface area contributed by atoms with Gasteiger partial charge < -0.3 is 4.74 Å². The van der Waals surface area contributed by atoms with Gasteiger partial charge in [0, 0.05) is 0 Å². The third-order valence-electron chi connectivity index (χ3n) is 1.85. The zero-order chi connectivity index (χ0) is 6.85. The van der Waals surface area contributed by atoms with Crippen LogP contribution in [-0.4, -0.2) is 30.3 Å². The van der Waals surface area contributed by atoms with Crippen LogP contribution in [0.25, 0.3) is 0 Å². The monoisotopic (exact) mass is 129 g/mol. The van der Waals surface area contributed by atoms with E-state index in [4.69, 9.17) is 4.74 Å². The molecule has 0 radical (unpaired) electrons. The van der Waals surface area contributed by atoms with Crippen LogP contribution in [0.15, 0.2) is 0 Å². The van der Waals surface area contributed by atoms with Crippen molar-refractivity contribution < 1.29 is 4.74 Å². The number of rotatable bonds is 3. The lowest BCUT2D eigenvalue weighted by Crippen LogP contribution is -2.27. The quantitative estimate of drug-likeness (QED) is 0.530. The summed E-state index contributed by atoms with van der Waals surface area (Å²) in [6.45, 7) is 8.65. The summed E-state index contributed by atoms with van der Waals surface area (Å²) in [7, 11) is 0. The van der Waals surface area contributed by atoms with Gasteiger partial charge in [0.15, 0.2) is 0 Å². The summed E-state index contributed by atoms with van der Waals surface area (Å²) in [5.74, 6) is 0. The van der Waals surface area contributed by atoms with Crippen LogP contribution in [0.3, 0.4) is 0 Å². The fraction of sp³-hybridized carbons (Fsp3) is 1.00. The summed E-state index contributed by atoms with van der Waals surface area (Å²) < 4.78 is 5.29. The van der Waals surface area contributed by atoms with Crippen molar-refractivity contribution in [1.82, 2.24) is 4.90 Å². The highest BCUT2D eigenvalue weighted by Crippen LogP contribution is 2.24. The van der Waals surface area contributed by atoms with Crippen LogP contribution >= 0.6 is 0 Å². The van der Waals surface area contributed by atoms with Gasteiger partial charge >= 0.3 is 0 Å². The van der Waals surface area contributed by atoms with Crippen molar-refractivity contribution in [2.24, 2.45) is 0 Å². The fourth-order valence-corrected chi connectivity index (χ4v) is 1.14. The molecule has 2 atom stereocenters. The Morgan fingerprint density at radius 3 is 1.89 bits per heavy atom. The number of nitrogens with zero attached hydrogens (tertiary/aromatic N) is 1. The Morgan fingerprint density at radius 1 is 1.33 bits per heavy atom. The van der Waals surface area contributed by atoms with E-state index in [2.05, 4.69) is 25.7 Å². The Labute approximate surface area is 56.8 Å². The second-order valence-electron chi connectivity index (χ2n) is 2.45. The van der Waals surface area contributed by atoms with E-state index in [9.17, 15) is 0 Å². The molecule has 1 heterocycles. The topological polar surface area (TPSA) is 15.8 Å². The zero-order valence-corrected chi connectivity index (χ0v) is 6.42. The first-order valence-electron chi connectivity index (χ1n) is 3.69. The average molecular weight is 129 g/mol. The van der Waals surface area contributed by atoms with Gasteiger partial charge in [0.05, 0.1) is 6.10 Å². The van der Waals surface area contributed by atoms with Gasteiger partial charge in [0.25, 0.3) is 0 Å². The van der Waals surface area contributed by atoms with Crippen LogP contribution in [-0.2, 0) is 4.74 Å². The van der Waals surface area contributed by atoms with E-state index >= 15 is 0 Å². The van der Waals surface area contributed by atoms with Crippen molar-refractivity contribution in [2.45, 2.75) is 33.1 Å². The van der Waals surface area contributed by atoms with E-state index in [1.165, 1.54) is 0 Å². The minimum absolute atomic E-state index is 0.431. The Balaban J connectivity index is 2.23. The molecule has 0 aliphatic carbocycles. The molecule has 54 valence electrons. The highest BCUT2D eigenvalue weighted by atomic mass is 16.6. The van der Waals surface area contributed by atoms with Gasteiger partial charge in [-0.05, 0) is 20.0 Å². The second-order valence-corrected chi connectivity index (χ2v) is 2.45. The van der Waals surface area contributed by atoms with Crippen LogP contribution in [0.2, 0.25) is 0 Å². The number of hydrogen-bond donors (Lipinski definition) is 0. The third-order valence-corrected chi connectivity index (χ3v) is 1.85. The summed E-state index contributed by atoms with van der Waals surface area (Å²) in [5.41, 5.74) is 0. The standard InChI is InChI=1S/C7H15NO/c1-4-8(5-2)7-6(3)9-7/h6-7H,4-5H2,1-3H3. The molecular formula is C7H15NO. The highest BCUT2D eigenvalue weighted by molar-refractivity contribution is 4.79. The van der Waals surface area contributed by atoms with Gasteiger partial charge in [0.2, 0.25) is 0 Å². The van der Waals surface area contributed by atoms with E-state index in [0.29, 0.717) is 12.3 Å². The van der Waals surface area contributed by atoms with Crippen molar-refractivity contribution in [1.29, 1.82) is 0 Å². The molecule has 1 aliphatic heterocycles. The normalized spacial score (nSPS) is 33.3. The fourth-order valence-electron chi connectivity index (χ4n) is 1.14. The Hall–Kier alpha value is -0.0800. The van der Waals surface area contributed by atoms with E-state index in [0.717, 1.165) is 13.1 Å². The average Bonchev–Trinajstić information content (AvgIpc) is 2.51. The van der Waals surface area contributed by atoms with Gasteiger partial charge in [0.1, 0.15) is 6.23 Å². The Morgan fingerprint density at radius 2 is 1.78 bits per heavy atom. The molecule has 2 heteroatoms. The Bertz CT molecular complexity index is 90.9. The number of likely N-dealkylation sites (N-methyl/N-ethyl adjacent to an activating group) is 1. The predicted molar refractivity (Wildman–Crippen MR) is 37.3 cm³/mol. The highest BCUT2D eigenvalue weighted by Gasteiger charge is 2.37. The molecule has 1 aliphatic rings. The molecule has 1 rings (SSSR count). The first-order valence-corrected chi connectivity index (χ1v) is 3.69. The molecule has 9 heavy (non-hydrogen) atoms. The first kappa shape index (κ1) is 7.03. The van der Waals surface area contributed by atoms with Crippen molar-refractivity contribution in [3.8, 4) is 0 Å². The minimum atomic E-state index is 0.431. The van der Waals surface area contributed by atoms with Gasteiger partial charge in [-0.2, -0.15) is 0 Å². The molecule has 0 spiro atoms. The molecule has 1 fully saturated rings. The van der Waals surface area contributed by atoms with Crippen molar-refractivity contribution >= 4 is 0 Å². The van der Waals surface area contributed by atoms with Gasteiger partial charge in [-0.25, -0.2) is 0 Å². The second kappa shape index (κ2) is 2.67. The Kier molecular flexibility index (Phi) is 2.09. The molecule has 0 aromatic carbocycles. The smallest absolute Gasteiger partial charge is 0.137 e. The molecule has 2 nitrogen and oxygen atoms in total. The summed E-state index contributed by atoms with van der Waals surface area (Å²) in [6, 6.07) is 0. The van der Waals surface area contributed by atoms with Gasteiger partial charge in [-0.3, -0.25) is 4.90 Å². The lowest BCUT2D eigenvalue weighted by atomic mass is 10.4. The van der Waals surface area contributed by atoms with Crippen LogP contribution < -0.4 is 0 Å². The maximum atomic E-state index is 5.29. The van der Waals surface area contributed by atoms with Gasteiger partial charge in [-0.1, -0.05) is 13.8 Å². The largest absolute Gasteiger partial charge is 0.353 e. The molecule has 0 amide bonds. The molecular weight excluding hydrogens is 114 g/mol. The molecule has 2 unspecified atom stereocenters. The third kappa shape index (κ3) is 1.43. The molecule has 0 aromatic heterocycles. The molecule has 1 saturated heterocycles. The maximum Gasteiger partial charge on any atom is 0.137 e.